The summed E-state index contributed by atoms with van der Waals surface area (Å²) in [6, 6.07) is 7.12. The van der Waals surface area contributed by atoms with E-state index >= 15 is 0 Å². The van der Waals surface area contributed by atoms with Gasteiger partial charge in [0, 0.05) is 0 Å². The van der Waals surface area contributed by atoms with Gasteiger partial charge in [0.2, 0.25) is 11.8 Å². The third-order valence-corrected chi connectivity index (χ3v) is 5.09. The van der Waals surface area contributed by atoms with Gasteiger partial charge in [-0.05, 0) is 48.9 Å². The lowest BCUT2D eigenvalue weighted by atomic mass is 9.63. The maximum atomic E-state index is 12.7. The zero-order valence-electron chi connectivity index (χ0n) is 11.9. The van der Waals surface area contributed by atoms with E-state index in [1.165, 1.54) is 4.90 Å². The minimum absolute atomic E-state index is 0.0331. The molecule has 1 aliphatic heterocycles. The largest absolute Gasteiger partial charge is 0.497 e. The Bertz CT molecular complexity index is 602. The molecule has 2 amide bonds. The Morgan fingerprint density at radius 2 is 1.48 bits per heavy atom. The Kier molecular flexibility index (Phi) is 2.67. The van der Waals surface area contributed by atoms with Crippen molar-refractivity contribution in [2.75, 3.05) is 12.0 Å². The highest BCUT2D eigenvalue weighted by Crippen LogP contribution is 2.50. The molecule has 1 aromatic carbocycles. The molecule has 0 radical (unpaired) electrons. The number of amides is 2. The number of methoxy groups -OCH3 is 1. The highest BCUT2D eigenvalue weighted by atomic mass is 16.5. The zero-order chi connectivity index (χ0) is 14.6. The van der Waals surface area contributed by atoms with Crippen LogP contribution >= 0.6 is 0 Å². The normalized spacial score (nSPS) is 33.5. The monoisotopic (exact) mass is 283 g/mol. The highest BCUT2D eigenvalue weighted by Gasteiger charge is 2.56. The van der Waals surface area contributed by atoms with Gasteiger partial charge < -0.3 is 4.74 Å². The second-order valence-electron chi connectivity index (χ2n) is 6.05. The summed E-state index contributed by atoms with van der Waals surface area (Å²) in [5.74, 6) is 0.825. The van der Waals surface area contributed by atoms with Gasteiger partial charge in [0.05, 0.1) is 24.6 Å². The first-order chi connectivity index (χ1) is 10.2. The summed E-state index contributed by atoms with van der Waals surface area (Å²) in [6.07, 6.45) is 6.33. The third-order valence-electron chi connectivity index (χ3n) is 5.09. The standard InChI is InChI=1S/C17H17NO3/c1-21-13-8-6-12(7-9-13)18-16(19)14-10-2-3-11(5-4-10)15(14)17(18)20/h2-3,6-11,14-15H,4-5H2,1H3/t10-,11-,14+,15+/m1/s1. The molecule has 4 aliphatic rings. The van der Waals surface area contributed by atoms with Crippen LogP contribution in [0.25, 0.3) is 0 Å². The highest BCUT2D eigenvalue weighted by molar-refractivity contribution is 6.22. The number of imide groups is 1. The summed E-state index contributed by atoms with van der Waals surface area (Å²) in [5.41, 5.74) is 0.652. The van der Waals surface area contributed by atoms with Crippen LogP contribution in [0.2, 0.25) is 0 Å². The van der Waals surface area contributed by atoms with Crippen molar-refractivity contribution in [1.82, 2.24) is 0 Å². The average molecular weight is 283 g/mol. The molecular weight excluding hydrogens is 266 g/mol. The number of fused-ring (bicyclic) bond motifs is 1. The fourth-order valence-corrected chi connectivity index (χ4v) is 4.06. The summed E-state index contributed by atoms with van der Waals surface area (Å²) in [6.45, 7) is 0. The number of anilines is 1. The van der Waals surface area contributed by atoms with Crippen LogP contribution in [-0.4, -0.2) is 18.9 Å². The second kappa shape index (κ2) is 4.45. The van der Waals surface area contributed by atoms with Crippen molar-refractivity contribution in [3.8, 4) is 5.75 Å². The first-order valence-corrected chi connectivity index (χ1v) is 7.41. The second-order valence-corrected chi connectivity index (χ2v) is 6.05. The lowest BCUT2D eigenvalue weighted by Gasteiger charge is -2.38. The Labute approximate surface area is 123 Å². The van der Waals surface area contributed by atoms with Crippen molar-refractivity contribution < 1.29 is 14.3 Å². The third kappa shape index (κ3) is 1.68. The van der Waals surface area contributed by atoms with Gasteiger partial charge in [-0.25, -0.2) is 0 Å². The summed E-state index contributed by atoms with van der Waals surface area (Å²) < 4.78 is 5.13. The van der Waals surface area contributed by atoms with Gasteiger partial charge in [0.1, 0.15) is 5.75 Å². The molecule has 108 valence electrons. The first-order valence-electron chi connectivity index (χ1n) is 7.41. The number of carbonyl (C=O) groups is 2. The van der Waals surface area contributed by atoms with E-state index in [2.05, 4.69) is 12.2 Å². The molecule has 4 nitrogen and oxygen atoms in total. The van der Waals surface area contributed by atoms with Crippen LogP contribution in [0.5, 0.6) is 5.75 Å². The molecule has 21 heavy (non-hydrogen) atoms. The molecule has 1 heterocycles. The van der Waals surface area contributed by atoms with E-state index in [9.17, 15) is 9.59 Å². The van der Waals surface area contributed by atoms with Crippen LogP contribution in [0.3, 0.4) is 0 Å². The molecule has 2 fully saturated rings. The quantitative estimate of drug-likeness (QED) is 0.618. The molecule has 1 saturated carbocycles. The predicted molar refractivity (Wildman–Crippen MR) is 77.8 cm³/mol. The van der Waals surface area contributed by atoms with Crippen LogP contribution in [-0.2, 0) is 9.59 Å². The average Bonchev–Trinajstić information content (AvgIpc) is 2.82. The van der Waals surface area contributed by atoms with Gasteiger partial charge in [-0.15, -0.1) is 0 Å². The van der Waals surface area contributed by atoms with E-state index in [1.54, 1.807) is 31.4 Å². The maximum absolute atomic E-state index is 12.7. The van der Waals surface area contributed by atoms with Crippen molar-refractivity contribution in [3.05, 3.63) is 36.4 Å². The van der Waals surface area contributed by atoms with Crippen LogP contribution in [0.15, 0.2) is 36.4 Å². The molecule has 0 spiro atoms. The molecule has 4 atom stereocenters. The molecule has 5 rings (SSSR count). The topological polar surface area (TPSA) is 46.6 Å². The molecule has 0 unspecified atom stereocenters. The molecule has 3 aliphatic carbocycles. The SMILES string of the molecule is COc1ccc(N2C(=O)[C@@H]3[C@@H](C2=O)[C@@H]2C=C[C@@H]3CC2)cc1. The Hall–Kier alpha value is -2.10. The van der Waals surface area contributed by atoms with Gasteiger partial charge in [-0.1, -0.05) is 12.2 Å². The van der Waals surface area contributed by atoms with E-state index in [0.29, 0.717) is 5.69 Å². The number of allylic oxidation sites excluding steroid dienone is 2. The molecule has 1 saturated heterocycles. The van der Waals surface area contributed by atoms with Crippen LogP contribution in [0.1, 0.15) is 12.8 Å². The Balaban J connectivity index is 1.71. The number of benzene rings is 1. The van der Waals surface area contributed by atoms with E-state index in [4.69, 9.17) is 4.74 Å². The van der Waals surface area contributed by atoms with E-state index in [0.717, 1.165) is 18.6 Å². The summed E-state index contributed by atoms with van der Waals surface area (Å²) in [4.78, 5) is 26.9. The minimum Gasteiger partial charge on any atom is -0.497 e. The fraction of sp³-hybridized carbons (Fsp3) is 0.412. The van der Waals surface area contributed by atoms with Gasteiger partial charge in [-0.3, -0.25) is 14.5 Å². The van der Waals surface area contributed by atoms with Gasteiger partial charge >= 0.3 is 0 Å². The number of hydrogen-bond acceptors (Lipinski definition) is 3. The summed E-state index contributed by atoms with van der Waals surface area (Å²) in [5, 5.41) is 0. The van der Waals surface area contributed by atoms with Crippen molar-refractivity contribution in [2.45, 2.75) is 12.8 Å². The molecule has 2 bridgehead atoms. The number of nitrogens with zero attached hydrogens (tertiary/aromatic N) is 1. The van der Waals surface area contributed by atoms with Crippen LogP contribution in [0, 0.1) is 23.7 Å². The van der Waals surface area contributed by atoms with Gasteiger partial charge in [0.25, 0.3) is 0 Å². The van der Waals surface area contributed by atoms with Crippen LogP contribution in [0.4, 0.5) is 5.69 Å². The fourth-order valence-electron chi connectivity index (χ4n) is 4.06. The van der Waals surface area contributed by atoms with E-state index in [-0.39, 0.29) is 35.5 Å². The van der Waals surface area contributed by atoms with Crippen molar-refractivity contribution in [3.63, 3.8) is 0 Å². The first kappa shape index (κ1) is 12.6. The number of ether oxygens (including phenoxy) is 1. The lowest BCUT2D eigenvalue weighted by Crippen LogP contribution is -2.38. The van der Waals surface area contributed by atoms with Crippen molar-refractivity contribution in [2.24, 2.45) is 23.7 Å². The van der Waals surface area contributed by atoms with Gasteiger partial charge in [-0.2, -0.15) is 0 Å². The number of hydrogen-bond donors (Lipinski definition) is 0. The molecule has 0 N–H and O–H groups in total. The zero-order valence-corrected chi connectivity index (χ0v) is 11.9. The smallest absolute Gasteiger partial charge is 0.238 e. The number of rotatable bonds is 2. The van der Waals surface area contributed by atoms with E-state index in [1.807, 2.05) is 0 Å². The predicted octanol–water partition coefficient (Wildman–Crippen LogP) is 2.40. The Morgan fingerprint density at radius 3 is 1.90 bits per heavy atom. The minimum atomic E-state index is -0.150. The lowest BCUT2D eigenvalue weighted by molar-refractivity contribution is -0.124. The molecular formula is C17H17NO3. The maximum Gasteiger partial charge on any atom is 0.238 e. The van der Waals surface area contributed by atoms with Crippen molar-refractivity contribution >= 4 is 17.5 Å². The van der Waals surface area contributed by atoms with E-state index < -0.39 is 0 Å². The van der Waals surface area contributed by atoms with Gasteiger partial charge in [0.15, 0.2) is 0 Å². The molecule has 4 heteroatoms. The van der Waals surface area contributed by atoms with Crippen molar-refractivity contribution in [1.29, 1.82) is 0 Å². The Morgan fingerprint density at radius 1 is 0.952 bits per heavy atom. The summed E-state index contributed by atoms with van der Waals surface area (Å²) >= 11 is 0. The number of carbonyl (C=O) groups excluding carboxylic acids is 2. The molecule has 0 aromatic heterocycles. The summed E-state index contributed by atoms with van der Waals surface area (Å²) in [7, 11) is 1.60. The molecule has 1 aromatic rings. The van der Waals surface area contributed by atoms with Crippen LogP contribution < -0.4 is 9.64 Å².